The van der Waals surface area contributed by atoms with Gasteiger partial charge in [0.15, 0.2) is 0 Å². The van der Waals surface area contributed by atoms with Crippen LogP contribution in [0.5, 0.6) is 0 Å². The average Bonchev–Trinajstić information content (AvgIpc) is 2.73. The molecule has 0 bridgehead atoms. The minimum absolute atomic E-state index is 0.411. The van der Waals surface area contributed by atoms with Gasteiger partial charge >= 0.3 is 0 Å². The lowest BCUT2D eigenvalue weighted by atomic mass is 9.93. The second-order valence-corrected chi connectivity index (χ2v) is 8.03. The molecule has 1 nitrogen and oxygen atoms in total. The zero-order chi connectivity index (χ0) is 15.1. The zero-order valence-electron chi connectivity index (χ0n) is 14.2. The van der Waals surface area contributed by atoms with Crippen molar-refractivity contribution in [2.24, 2.45) is 22.7 Å². The van der Waals surface area contributed by atoms with Crippen molar-refractivity contribution in [2.45, 2.75) is 54.0 Å². The summed E-state index contributed by atoms with van der Waals surface area (Å²) < 4.78 is 0. The maximum Gasteiger partial charge on any atom is 0.0356 e. The highest BCUT2D eigenvalue weighted by Crippen LogP contribution is 2.72. The van der Waals surface area contributed by atoms with E-state index in [1.807, 2.05) is 0 Å². The molecule has 1 aromatic rings. The molecule has 0 radical (unpaired) electrons. The fourth-order valence-corrected chi connectivity index (χ4v) is 3.99. The molecule has 1 N–H and O–H groups in total. The highest BCUT2D eigenvalue weighted by Gasteiger charge is 2.67. The van der Waals surface area contributed by atoms with Crippen LogP contribution in [0.2, 0.25) is 0 Å². The Morgan fingerprint density at radius 1 is 1.10 bits per heavy atom. The van der Waals surface area contributed by atoms with Gasteiger partial charge in [0.25, 0.3) is 0 Å². The van der Waals surface area contributed by atoms with Gasteiger partial charge in [-0.2, -0.15) is 0 Å². The van der Waals surface area contributed by atoms with E-state index in [1.54, 1.807) is 0 Å². The van der Waals surface area contributed by atoms with E-state index in [0.717, 1.165) is 0 Å². The minimum Gasteiger partial charge on any atom is -0.313 e. The van der Waals surface area contributed by atoms with Gasteiger partial charge in [-0.05, 0) is 47.3 Å². The predicted molar refractivity (Wildman–Crippen MR) is 87.8 cm³/mol. The van der Waals surface area contributed by atoms with Crippen molar-refractivity contribution in [3.8, 4) is 0 Å². The summed E-state index contributed by atoms with van der Waals surface area (Å²) in [5.74, 6) is 1.42. The van der Waals surface area contributed by atoms with E-state index in [0.29, 0.717) is 28.7 Å². The summed E-state index contributed by atoms with van der Waals surface area (Å²) in [4.78, 5) is 0. The van der Waals surface area contributed by atoms with Crippen molar-refractivity contribution in [3.63, 3.8) is 0 Å². The standard InChI is InChI=1S/C19H31N/c1-13(2)11-14-9-8-10-15(12-14)16(20-7)17-18(3,4)19(17,5)6/h8-10,12-13,16-17,20H,11H2,1-7H3. The summed E-state index contributed by atoms with van der Waals surface area (Å²) in [5.41, 5.74) is 3.74. The molecule has 1 heteroatoms. The molecular formula is C19H31N. The summed E-state index contributed by atoms with van der Waals surface area (Å²) in [6.45, 7) is 14.2. The van der Waals surface area contributed by atoms with Gasteiger partial charge in [-0.3, -0.25) is 0 Å². The lowest BCUT2D eigenvalue weighted by Gasteiger charge is -2.20. The van der Waals surface area contributed by atoms with Crippen LogP contribution in [0, 0.1) is 22.7 Å². The van der Waals surface area contributed by atoms with Gasteiger partial charge in [0.1, 0.15) is 0 Å². The minimum atomic E-state index is 0.411. The van der Waals surface area contributed by atoms with Crippen LogP contribution < -0.4 is 5.32 Å². The van der Waals surface area contributed by atoms with Crippen LogP contribution in [-0.4, -0.2) is 7.05 Å². The molecule has 0 spiro atoms. The number of hydrogen-bond donors (Lipinski definition) is 1. The Hall–Kier alpha value is -0.820. The lowest BCUT2D eigenvalue weighted by molar-refractivity contribution is 0.437. The van der Waals surface area contributed by atoms with Gasteiger partial charge in [0.2, 0.25) is 0 Å². The van der Waals surface area contributed by atoms with Crippen molar-refractivity contribution < 1.29 is 0 Å². The summed E-state index contributed by atoms with van der Waals surface area (Å²) in [6, 6.07) is 9.65. The summed E-state index contributed by atoms with van der Waals surface area (Å²) in [6.07, 6.45) is 1.17. The largest absolute Gasteiger partial charge is 0.313 e. The Bertz CT molecular complexity index is 456. The molecule has 1 aliphatic carbocycles. The van der Waals surface area contributed by atoms with Crippen molar-refractivity contribution in [1.82, 2.24) is 5.32 Å². The zero-order valence-corrected chi connectivity index (χ0v) is 14.2. The number of nitrogens with one attached hydrogen (secondary N) is 1. The fraction of sp³-hybridized carbons (Fsp3) is 0.684. The third-order valence-corrected chi connectivity index (χ3v) is 5.73. The Balaban J connectivity index is 2.25. The third-order valence-electron chi connectivity index (χ3n) is 5.73. The molecule has 0 amide bonds. The van der Waals surface area contributed by atoms with Gasteiger partial charge in [0, 0.05) is 6.04 Å². The smallest absolute Gasteiger partial charge is 0.0356 e. The molecule has 0 aliphatic heterocycles. The highest BCUT2D eigenvalue weighted by atomic mass is 14.9. The van der Waals surface area contributed by atoms with Crippen molar-refractivity contribution in [2.75, 3.05) is 7.05 Å². The van der Waals surface area contributed by atoms with Crippen molar-refractivity contribution >= 4 is 0 Å². The normalized spacial score (nSPS) is 22.0. The van der Waals surface area contributed by atoms with Crippen LogP contribution >= 0.6 is 0 Å². The second kappa shape index (κ2) is 5.18. The van der Waals surface area contributed by atoms with Crippen molar-refractivity contribution in [3.05, 3.63) is 35.4 Å². The Morgan fingerprint density at radius 3 is 2.15 bits per heavy atom. The Morgan fingerprint density at radius 2 is 1.70 bits per heavy atom. The van der Waals surface area contributed by atoms with E-state index >= 15 is 0 Å². The van der Waals surface area contributed by atoms with Gasteiger partial charge in [-0.15, -0.1) is 0 Å². The van der Waals surface area contributed by atoms with E-state index in [9.17, 15) is 0 Å². The van der Waals surface area contributed by atoms with E-state index in [-0.39, 0.29) is 0 Å². The first-order valence-corrected chi connectivity index (χ1v) is 7.98. The monoisotopic (exact) mass is 273 g/mol. The number of benzene rings is 1. The first-order valence-electron chi connectivity index (χ1n) is 7.98. The molecule has 0 heterocycles. The molecule has 20 heavy (non-hydrogen) atoms. The fourth-order valence-electron chi connectivity index (χ4n) is 3.99. The number of rotatable bonds is 5. The first-order chi connectivity index (χ1) is 9.21. The SMILES string of the molecule is CNC(c1cccc(CC(C)C)c1)C1C(C)(C)C1(C)C. The summed E-state index contributed by atoms with van der Waals surface area (Å²) >= 11 is 0. The molecule has 1 aliphatic rings. The average molecular weight is 273 g/mol. The first kappa shape index (κ1) is 15.6. The molecule has 2 rings (SSSR count). The molecular weight excluding hydrogens is 242 g/mol. The highest BCUT2D eigenvalue weighted by molar-refractivity contribution is 5.31. The summed E-state index contributed by atoms with van der Waals surface area (Å²) in [7, 11) is 2.10. The van der Waals surface area contributed by atoms with E-state index in [4.69, 9.17) is 0 Å². The van der Waals surface area contributed by atoms with E-state index in [1.165, 1.54) is 17.5 Å². The Labute approximate surface area is 125 Å². The molecule has 0 aromatic heterocycles. The van der Waals surface area contributed by atoms with Crippen LogP contribution in [0.25, 0.3) is 0 Å². The maximum absolute atomic E-state index is 3.57. The quantitative estimate of drug-likeness (QED) is 0.810. The molecule has 1 aromatic carbocycles. The molecule has 1 unspecified atom stereocenters. The molecule has 1 fully saturated rings. The van der Waals surface area contributed by atoms with Gasteiger partial charge in [0.05, 0.1) is 0 Å². The van der Waals surface area contributed by atoms with Crippen LogP contribution in [-0.2, 0) is 6.42 Å². The molecule has 1 saturated carbocycles. The van der Waals surface area contributed by atoms with Crippen LogP contribution in [0.15, 0.2) is 24.3 Å². The van der Waals surface area contributed by atoms with Crippen LogP contribution in [0.3, 0.4) is 0 Å². The van der Waals surface area contributed by atoms with E-state index < -0.39 is 0 Å². The van der Waals surface area contributed by atoms with Crippen molar-refractivity contribution in [1.29, 1.82) is 0 Å². The van der Waals surface area contributed by atoms with Crippen LogP contribution in [0.4, 0.5) is 0 Å². The van der Waals surface area contributed by atoms with Gasteiger partial charge in [-0.25, -0.2) is 0 Å². The molecule has 1 atom stereocenters. The van der Waals surface area contributed by atoms with Gasteiger partial charge < -0.3 is 5.32 Å². The molecule has 112 valence electrons. The third kappa shape index (κ3) is 2.53. The molecule has 0 saturated heterocycles. The summed E-state index contributed by atoms with van der Waals surface area (Å²) in [5, 5.41) is 3.57. The van der Waals surface area contributed by atoms with E-state index in [2.05, 4.69) is 78.2 Å². The Kier molecular flexibility index (Phi) is 4.03. The van der Waals surface area contributed by atoms with Gasteiger partial charge in [-0.1, -0.05) is 65.8 Å². The topological polar surface area (TPSA) is 12.0 Å². The number of hydrogen-bond acceptors (Lipinski definition) is 1. The predicted octanol–water partition coefficient (Wildman–Crippen LogP) is 4.83. The van der Waals surface area contributed by atoms with Crippen LogP contribution in [0.1, 0.15) is 58.7 Å². The lowest BCUT2D eigenvalue weighted by Crippen LogP contribution is -2.21. The maximum atomic E-state index is 3.57. The second-order valence-electron chi connectivity index (χ2n) is 8.03.